The normalized spacial score (nSPS) is 18.1. The Kier molecular flexibility index (Phi) is 6.00. The van der Waals surface area contributed by atoms with Crippen molar-refractivity contribution >= 4 is 29.1 Å². The molecule has 0 spiro atoms. The average molecular weight is 479 g/mol. The summed E-state index contributed by atoms with van der Waals surface area (Å²) in [6.45, 7) is 8.35. The van der Waals surface area contributed by atoms with Crippen molar-refractivity contribution in [2.24, 2.45) is 0 Å². The van der Waals surface area contributed by atoms with Crippen molar-refractivity contribution in [2.45, 2.75) is 38.8 Å². The molecule has 184 valence electrons. The molecule has 0 radical (unpaired) electrons. The maximum absolute atomic E-state index is 13.0. The number of fused-ring (bicyclic) bond motifs is 2. The molecule has 1 saturated heterocycles. The molecule has 1 fully saturated rings. The van der Waals surface area contributed by atoms with Gasteiger partial charge in [-0.15, -0.1) is 0 Å². The SMILES string of the molecule is CC(C)(C)OC(=O)N1CCN(c2nc3cc(C(=O)N[C@H]4CCOc5ccccc54)ccc3o2)CC1. The number of para-hydroxylation sites is 1. The van der Waals surface area contributed by atoms with Crippen molar-refractivity contribution in [2.75, 3.05) is 37.7 Å². The Morgan fingerprint density at radius 2 is 1.86 bits per heavy atom. The topological polar surface area (TPSA) is 97.1 Å². The Hall–Kier alpha value is -3.75. The van der Waals surface area contributed by atoms with Gasteiger partial charge in [-0.1, -0.05) is 18.2 Å². The molecular formula is C26H30N4O5. The van der Waals surface area contributed by atoms with Crippen molar-refractivity contribution in [1.29, 1.82) is 0 Å². The van der Waals surface area contributed by atoms with Crippen LogP contribution in [0.5, 0.6) is 5.75 Å². The zero-order valence-electron chi connectivity index (χ0n) is 20.2. The Morgan fingerprint density at radius 3 is 2.63 bits per heavy atom. The largest absolute Gasteiger partial charge is 0.493 e. The maximum Gasteiger partial charge on any atom is 0.410 e. The molecule has 2 aliphatic rings. The van der Waals surface area contributed by atoms with Crippen LogP contribution in [0.1, 0.15) is 49.2 Å². The molecule has 2 aliphatic heterocycles. The molecule has 9 nitrogen and oxygen atoms in total. The number of nitrogens with zero attached hydrogens (tertiary/aromatic N) is 3. The number of aromatic nitrogens is 1. The number of carbonyl (C=O) groups excluding carboxylic acids is 2. The first kappa shape index (κ1) is 23.0. The van der Waals surface area contributed by atoms with E-state index in [9.17, 15) is 9.59 Å². The molecule has 0 saturated carbocycles. The van der Waals surface area contributed by atoms with Gasteiger partial charge in [0.25, 0.3) is 11.9 Å². The van der Waals surface area contributed by atoms with Crippen molar-refractivity contribution < 1.29 is 23.5 Å². The standard InChI is InChI=1S/C26H30N4O5/c1-26(2,3)35-25(32)30-13-11-29(12-14-30)24-28-20-16-17(8-9-22(20)34-24)23(31)27-19-10-15-33-21-7-5-4-6-18(19)21/h4-9,16,19H,10-15H2,1-3H3,(H,27,31)/t19-/m0/s1. The van der Waals surface area contributed by atoms with Gasteiger partial charge in [-0.05, 0) is 45.0 Å². The zero-order chi connectivity index (χ0) is 24.6. The highest BCUT2D eigenvalue weighted by molar-refractivity contribution is 5.97. The van der Waals surface area contributed by atoms with Gasteiger partial charge in [0, 0.05) is 43.7 Å². The molecule has 5 rings (SSSR count). The number of anilines is 1. The van der Waals surface area contributed by atoms with E-state index in [4.69, 9.17) is 13.9 Å². The fourth-order valence-electron chi connectivity index (χ4n) is 4.33. The summed E-state index contributed by atoms with van der Waals surface area (Å²) >= 11 is 0. The molecule has 9 heteroatoms. The van der Waals surface area contributed by atoms with Gasteiger partial charge < -0.3 is 29.0 Å². The zero-order valence-corrected chi connectivity index (χ0v) is 20.2. The summed E-state index contributed by atoms with van der Waals surface area (Å²) in [5.74, 6) is 0.650. The van der Waals surface area contributed by atoms with E-state index in [2.05, 4.69) is 10.3 Å². The van der Waals surface area contributed by atoms with Gasteiger partial charge in [0.1, 0.15) is 16.9 Å². The minimum atomic E-state index is -0.521. The smallest absolute Gasteiger partial charge is 0.410 e. The maximum atomic E-state index is 13.0. The number of piperazine rings is 1. The summed E-state index contributed by atoms with van der Waals surface area (Å²) in [7, 11) is 0. The number of nitrogens with one attached hydrogen (secondary N) is 1. The van der Waals surface area contributed by atoms with Crippen LogP contribution in [0, 0.1) is 0 Å². The lowest BCUT2D eigenvalue weighted by molar-refractivity contribution is 0.0239. The predicted octanol–water partition coefficient (Wildman–Crippen LogP) is 4.14. The molecule has 1 atom stereocenters. The summed E-state index contributed by atoms with van der Waals surface area (Å²) in [6.07, 6.45) is 0.409. The van der Waals surface area contributed by atoms with E-state index < -0.39 is 5.60 Å². The fourth-order valence-corrected chi connectivity index (χ4v) is 4.33. The number of oxazole rings is 1. The highest BCUT2D eigenvalue weighted by Gasteiger charge is 2.28. The summed E-state index contributed by atoms with van der Waals surface area (Å²) in [5.41, 5.74) is 2.22. The Balaban J connectivity index is 1.25. The lowest BCUT2D eigenvalue weighted by Crippen LogP contribution is -2.50. The Bertz CT molecular complexity index is 1240. The van der Waals surface area contributed by atoms with Crippen molar-refractivity contribution in [1.82, 2.24) is 15.2 Å². The first-order valence-corrected chi connectivity index (χ1v) is 11.9. The highest BCUT2D eigenvalue weighted by Crippen LogP contribution is 2.32. The van der Waals surface area contributed by atoms with E-state index in [0.717, 1.165) is 11.3 Å². The van der Waals surface area contributed by atoms with Crippen LogP contribution < -0.4 is 15.0 Å². The number of benzene rings is 2. The molecule has 2 aromatic carbocycles. The molecule has 0 aliphatic carbocycles. The van der Waals surface area contributed by atoms with Crippen LogP contribution in [0.2, 0.25) is 0 Å². The number of ether oxygens (including phenoxy) is 2. The molecule has 0 unspecified atom stereocenters. The molecule has 3 aromatic rings. The van der Waals surface area contributed by atoms with Crippen LogP contribution in [0.25, 0.3) is 11.1 Å². The minimum absolute atomic E-state index is 0.0997. The molecule has 0 bridgehead atoms. The van der Waals surface area contributed by atoms with Crippen LogP contribution in [0.15, 0.2) is 46.9 Å². The van der Waals surface area contributed by atoms with Gasteiger partial charge in [-0.3, -0.25) is 4.79 Å². The number of rotatable bonds is 3. The van der Waals surface area contributed by atoms with Gasteiger partial charge in [0.15, 0.2) is 5.58 Å². The van der Waals surface area contributed by atoms with Gasteiger partial charge in [-0.25, -0.2) is 4.79 Å². The van der Waals surface area contributed by atoms with E-state index in [1.54, 1.807) is 23.1 Å². The quantitative estimate of drug-likeness (QED) is 0.604. The first-order valence-electron chi connectivity index (χ1n) is 11.9. The lowest BCUT2D eigenvalue weighted by atomic mass is 10.00. The summed E-state index contributed by atoms with van der Waals surface area (Å²) in [6, 6.07) is 13.4. The second-order valence-corrected chi connectivity index (χ2v) is 9.83. The van der Waals surface area contributed by atoms with Gasteiger partial charge in [0.2, 0.25) is 0 Å². The van der Waals surface area contributed by atoms with E-state index in [-0.39, 0.29) is 18.0 Å². The minimum Gasteiger partial charge on any atom is -0.493 e. The first-order chi connectivity index (χ1) is 16.8. The van der Waals surface area contributed by atoms with E-state index in [1.807, 2.05) is 49.9 Å². The van der Waals surface area contributed by atoms with E-state index in [0.29, 0.717) is 61.9 Å². The lowest BCUT2D eigenvalue weighted by Gasteiger charge is -2.34. The second kappa shape index (κ2) is 9.13. The molecule has 2 amide bonds. The third kappa shape index (κ3) is 5.03. The Labute approximate surface area is 204 Å². The van der Waals surface area contributed by atoms with Crippen LogP contribution in [0.3, 0.4) is 0 Å². The molecular weight excluding hydrogens is 448 g/mol. The monoisotopic (exact) mass is 478 g/mol. The third-order valence-corrected chi connectivity index (χ3v) is 6.10. The van der Waals surface area contributed by atoms with Crippen LogP contribution in [-0.4, -0.2) is 60.3 Å². The van der Waals surface area contributed by atoms with Gasteiger partial charge in [0.05, 0.1) is 12.6 Å². The van der Waals surface area contributed by atoms with Gasteiger partial charge >= 0.3 is 6.09 Å². The number of carbonyl (C=O) groups is 2. The van der Waals surface area contributed by atoms with E-state index >= 15 is 0 Å². The summed E-state index contributed by atoms with van der Waals surface area (Å²) in [4.78, 5) is 33.6. The number of hydrogen-bond donors (Lipinski definition) is 1. The number of amides is 2. The average Bonchev–Trinajstić information content (AvgIpc) is 3.27. The predicted molar refractivity (Wildman–Crippen MR) is 131 cm³/mol. The van der Waals surface area contributed by atoms with Crippen LogP contribution in [-0.2, 0) is 4.74 Å². The second-order valence-electron chi connectivity index (χ2n) is 9.83. The molecule has 1 N–H and O–H groups in total. The van der Waals surface area contributed by atoms with Crippen molar-refractivity contribution in [3.8, 4) is 5.75 Å². The van der Waals surface area contributed by atoms with E-state index in [1.165, 1.54) is 0 Å². The molecule has 35 heavy (non-hydrogen) atoms. The molecule has 3 heterocycles. The van der Waals surface area contributed by atoms with Crippen LogP contribution in [0.4, 0.5) is 10.8 Å². The van der Waals surface area contributed by atoms with Crippen molar-refractivity contribution in [3.05, 3.63) is 53.6 Å². The van der Waals surface area contributed by atoms with Gasteiger partial charge in [-0.2, -0.15) is 4.98 Å². The fraction of sp³-hybridized carbons (Fsp3) is 0.423. The highest BCUT2D eigenvalue weighted by atomic mass is 16.6. The van der Waals surface area contributed by atoms with Crippen LogP contribution >= 0.6 is 0 Å². The number of hydrogen-bond acceptors (Lipinski definition) is 7. The Morgan fingerprint density at radius 1 is 1.09 bits per heavy atom. The molecule has 1 aromatic heterocycles. The third-order valence-electron chi connectivity index (χ3n) is 6.10. The van der Waals surface area contributed by atoms with Crippen molar-refractivity contribution in [3.63, 3.8) is 0 Å². The summed E-state index contributed by atoms with van der Waals surface area (Å²) in [5, 5.41) is 3.12. The summed E-state index contributed by atoms with van der Waals surface area (Å²) < 4.78 is 17.1.